The molecule has 0 atom stereocenters. The number of hydrogen-bond acceptors (Lipinski definition) is 6. The highest BCUT2D eigenvalue weighted by atomic mass is 16.5. The molecule has 0 aliphatic carbocycles. The fourth-order valence-electron chi connectivity index (χ4n) is 10.5. The van der Waals surface area contributed by atoms with Crippen molar-refractivity contribution >= 4 is 17.5 Å². The molecule has 0 aromatic carbocycles. The molecule has 6 nitrogen and oxygen atoms in total. The second-order valence-corrected chi connectivity index (χ2v) is 54.7. The molecule has 0 bridgehead atoms. The fourth-order valence-corrected chi connectivity index (χ4v) is 10.5. The highest BCUT2D eigenvalue weighted by Crippen LogP contribution is 2.34. The molecule has 0 spiro atoms. The fraction of sp³-hybridized carbons (Fsp3) is 0.954. The summed E-state index contributed by atoms with van der Waals surface area (Å²) in [6, 6.07) is 0. The summed E-state index contributed by atoms with van der Waals surface area (Å²) in [6.07, 6.45) is 31.0. The van der Waals surface area contributed by atoms with Crippen molar-refractivity contribution in [1.82, 2.24) is 4.90 Å². The van der Waals surface area contributed by atoms with E-state index in [0.717, 1.165) is 64.6 Å². The Morgan fingerprint density at radius 1 is 0.281 bits per heavy atom. The molecule has 0 fully saturated rings. The Bertz CT molecular complexity index is 2090. The average Bonchev–Trinajstić information content (AvgIpc) is 0.917. The molecule has 0 N–H and O–H groups in total. The summed E-state index contributed by atoms with van der Waals surface area (Å²) in [6.45, 7) is 128. The zero-order chi connectivity index (χ0) is 93.8. The summed E-state index contributed by atoms with van der Waals surface area (Å²) in [5, 5.41) is 0. The maximum atomic E-state index is 11.6. The van der Waals surface area contributed by atoms with Crippen LogP contribution in [-0.2, 0) is 23.9 Å². The zero-order valence-electron chi connectivity index (χ0n) is 90.8. The van der Waals surface area contributed by atoms with Crippen molar-refractivity contribution in [2.75, 3.05) is 33.4 Å². The second-order valence-electron chi connectivity index (χ2n) is 54.7. The minimum atomic E-state index is -0.155. The number of carbonyl (C=O) groups is 3. The number of Topliss-reactive ketones (excluding diaryl/α,β-unsaturated/α-hetero) is 2. The number of ether oxygens (including phenoxy) is 2. The third kappa shape index (κ3) is 155. The first-order valence-electron chi connectivity index (χ1n) is 46.8. The number of unbranched alkanes of at least 4 members (excludes halogenated alkanes) is 2. The van der Waals surface area contributed by atoms with E-state index in [4.69, 9.17) is 9.47 Å². The Labute approximate surface area is 727 Å². The molecular weight excluding hydrogens is 1390 g/mol. The lowest BCUT2D eigenvalue weighted by Crippen LogP contribution is -2.38. The van der Waals surface area contributed by atoms with Crippen molar-refractivity contribution in [3.63, 3.8) is 0 Å². The molecule has 0 amide bonds. The van der Waals surface area contributed by atoms with Crippen molar-refractivity contribution < 1.29 is 23.9 Å². The first kappa shape index (κ1) is 133. The Morgan fingerprint density at radius 3 is 0.789 bits per heavy atom. The predicted octanol–water partition coefficient (Wildman–Crippen LogP) is 36.7. The molecule has 0 rings (SSSR count). The number of nitrogens with zero attached hydrogens (tertiary/aromatic N) is 1. The van der Waals surface area contributed by atoms with Gasteiger partial charge in [-0.3, -0.25) is 14.4 Å². The van der Waals surface area contributed by atoms with Crippen LogP contribution in [0.2, 0.25) is 0 Å². The largest absolute Gasteiger partial charge is 0.465 e. The molecule has 0 unspecified atom stereocenters. The molecular formula is C108H229NO5. The summed E-state index contributed by atoms with van der Waals surface area (Å²) in [7, 11) is 2.21. The van der Waals surface area contributed by atoms with E-state index in [1.54, 1.807) is 0 Å². The van der Waals surface area contributed by atoms with E-state index in [0.29, 0.717) is 111 Å². The van der Waals surface area contributed by atoms with Crippen LogP contribution >= 0.6 is 0 Å². The van der Waals surface area contributed by atoms with Gasteiger partial charge in [-0.1, -0.05) is 405 Å². The smallest absolute Gasteiger partial charge is 0.308 e. The number of hydrogen-bond donors (Lipinski definition) is 0. The number of esters is 1. The second kappa shape index (κ2) is 61.7. The van der Waals surface area contributed by atoms with Crippen LogP contribution in [0.15, 0.2) is 12.2 Å². The lowest BCUT2D eigenvalue weighted by molar-refractivity contribution is -0.147. The van der Waals surface area contributed by atoms with Gasteiger partial charge in [0.25, 0.3) is 0 Å². The van der Waals surface area contributed by atoms with Crippen LogP contribution < -0.4 is 0 Å². The van der Waals surface area contributed by atoms with Gasteiger partial charge in [0, 0.05) is 36.3 Å². The van der Waals surface area contributed by atoms with E-state index in [9.17, 15) is 14.4 Å². The average molecular weight is 1620 g/mol. The minimum Gasteiger partial charge on any atom is -0.465 e. The van der Waals surface area contributed by atoms with Crippen LogP contribution in [-0.4, -0.2) is 61.4 Å². The van der Waals surface area contributed by atoms with Crippen LogP contribution in [0, 0.1) is 105 Å². The normalized spacial score (nSPS) is 13.1. The van der Waals surface area contributed by atoms with Gasteiger partial charge in [0.2, 0.25) is 0 Å². The topological polar surface area (TPSA) is 72.9 Å². The molecule has 0 aromatic heterocycles. The van der Waals surface area contributed by atoms with E-state index >= 15 is 0 Å². The van der Waals surface area contributed by atoms with Gasteiger partial charge >= 0.3 is 5.97 Å². The lowest BCUT2D eigenvalue weighted by atomic mass is 9.78. The molecule has 114 heavy (non-hydrogen) atoms. The van der Waals surface area contributed by atoms with Gasteiger partial charge in [-0.2, -0.15) is 0 Å². The Morgan fingerprint density at radius 2 is 0.553 bits per heavy atom. The molecule has 0 aliphatic rings. The number of rotatable bonds is 26. The number of carbonyl (C=O) groups excluding carboxylic acids is 3. The van der Waals surface area contributed by atoms with Crippen molar-refractivity contribution in [3.05, 3.63) is 12.2 Å². The maximum Gasteiger partial charge on any atom is 0.308 e. The molecule has 0 heterocycles. The monoisotopic (exact) mass is 1620 g/mol. The summed E-state index contributed by atoms with van der Waals surface area (Å²) in [5.41, 5.74) is 6.54. The lowest BCUT2D eigenvalue weighted by Gasteiger charge is -2.32. The Balaban J connectivity index is -0.000000132. The van der Waals surface area contributed by atoms with Gasteiger partial charge < -0.3 is 14.4 Å². The van der Waals surface area contributed by atoms with Crippen molar-refractivity contribution in [3.8, 4) is 0 Å². The molecule has 6 heteroatoms. The van der Waals surface area contributed by atoms with Gasteiger partial charge in [-0.15, -0.1) is 0 Å². The molecule has 0 saturated carbocycles. The highest BCUT2D eigenvalue weighted by Gasteiger charge is 2.24. The van der Waals surface area contributed by atoms with Gasteiger partial charge in [0.05, 0.1) is 19.1 Å². The molecule has 0 aromatic rings. The summed E-state index contributed by atoms with van der Waals surface area (Å²) >= 11 is 0. The van der Waals surface area contributed by atoms with Crippen LogP contribution in [0.5, 0.6) is 0 Å². The van der Waals surface area contributed by atoms with Crippen LogP contribution in [0.4, 0.5) is 0 Å². The Hall–Kier alpha value is -1.53. The van der Waals surface area contributed by atoms with Gasteiger partial charge in [-0.25, -0.2) is 0 Å². The Kier molecular flexibility index (Phi) is 72.0. The van der Waals surface area contributed by atoms with Crippen molar-refractivity contribution in [2.24, 2.45) is 105 Å². The van der Waals surface area contributed by atoms with Gasteiger partial charge in [0.15, 0.2) is 0 Å². The van der Waals surface area contributed by atoms with E-state index < -0.39 is 0 Å². The SMILES string of the molecule is CC(C)(C)CC(C)(C)C.CC(C)(C)CCC(C)(C)C.CC(C)(C)CCCC(=O)C(C)(C)C.CC(C)(C)CCCC(C)(C)C.CC(C)(C)CCCCC(C)(C)C.CC(C)(C)CCOCC(C)(C)C.CC(C)C(=O)CCCCC(C)(C)C.CC(C)C(=O)OCCCC(C)(C)C.CC(C)C=CC(C)C.CN(CCCC(C)(C)C)C(C)(C)C. The molecule has 0 aliphatic heterocycles. The molecule has 0 saturated heterocycles. The third-order valence-corrected chi connectivity index (χ3v) is 17.8. The van der Waals surface area contributed by atoms with Crippen LogP contribution in [0.1, 0.15) is 529 Å². The van der Waals surface area contributed by atoms with Gasteiger partial charge in [-0.05, 0) is 225 Å². The summed E-state index contributed by atoms with van der Waals surface area (Å²) < 4.78 is 10.6. The third-order valence-electron chi connectivity index (χ3n) is 17.8. The maximum absolute atomic E-state index is 11.6. The van der Waals surface area contributed by atoms with E-state index in [-0.39, 0.29) is 23.2 Å². The molecule has 696 valence electrons. The molecule has 0 radical (unpaired) electrons. The minimum absolute atomic E-state index is 0.00497. The number of ketones is 2. The van der Waals surface area contributed by atoms with E-state index in [2.05, 4.69) is 363 Å². The summed E-state index contributed by atoms with van der Waals surface area (Å²) in [5.74, 6) is 2.33. The predicted molar refractivity (Wildman–Crippen MR) is 526 cm³/mol. The highest BCUT2D eigenvalue weighted by molar-refractivity contribution is 5.83. The standard InChI is InChI=1S/C12H27N.2C12H24O.C12H26.C11H22O2.C11H24O.C11H24.C10H22.C9H20.C8H16/c1-11(2,3)9-8-10-13(7)12(4,5)6;1-11(2,3)9-7-8-10(13)12(4,5)6;1-10(2)11(13)8-6-7-9-12(3,4)5;1-11(2,3)9-7-8-10-12(4,5)6;1-9(2)10(12)13-8-6-7-11(3,4)5;1-10(2,3)7-8-12-9-11(4,5)6;1-10(2,3)8-7-9-11(4,5)6;1-9(2,3)7-8-10(4,5)6;1-8(2,3)7-9(4,5)6;1-7(2)5-6-8(3)4/h8-10H2,1-7H3;7-9H2,1-6H3;10H,6-9H2,1-5H3;7-10H2,1-6H3;9H,6-8H2,1-5H3;7-9H2,1-6H3;7-9H2,1-6H3;7-8H2,1-6H3;7H2,1-6H3;5-8H,1-4H3. The van der Waals surface area contributed by atoms with Crippen LogP contribution in [0.3, 0.4) is 0 Å². The summed E-state index contributed by atoms with van der Waals surface area (Å²) in [4.78, 5) is 36.3. The van der Waals surface area contributed by atoms with Crippen molar-refractivity contribution in [1.29, 1.82) is 0 Å². The van der Waals surface area contributed by atoms with Crippen molar-refractivity contribution in [2.45, 2.75) is 535 Å². The van der Waals surface area contributed by atoms with E-state index in [1.807, 2.05) is 48.5 Å². The zero-order valence-corrected chi connectivity index (χ0v) is 90.8. The quantitative estimate of drug-likeness (QED) is 0.0488. The van der Waals surface area contributed by atoms with Crippen LogP contribution in [0.25, 0.3) is 0 Å². The first-order valence-corrected chi connectivity index (χ1v) is 46.8. The number of allylic oxidation sites excluding steroid dienone is 2. The van der Waals surface area contributed by atoms with Gasteiger partial charge in [0.1, 0.15) is 11.6 Å². The van der Waals surface area contributed by atoms with E-state index in [1.165, 1.54) is 96.4 Å². The first-order chi connectivity index (χ1) is 49.6.